The SMILES string of the molecule is CCN1CCCC(O)(C2CCOC3(CCSCC3)C2)CC1. The molecule has 4 heteroatoms. The first kappa shape index (κ1) is 16.1. The Balaban J connectivity index is 1.67. The van der Waals surface area contributed by atoms with Crippen molar-refractivity contribution in [1.29, 1.82) is 0 Å². The van der Waals surface area contributed by atoms with E-state index in [2.05, 4.69) is 23.6 Å². The number of hydrogen-bond acceptors (Lipinski definition) is 4. The maximum atomic E-state index is 11.3. The molecule has 122 valence electrons. The van der Waals surface area contributed by atoms with E-state index in [1.807, 2.05) is 0 Å². The Morgan fingerprint density at radius 2 is 2.00 bits per heavy atom. The van der Waals surface area contributed by atoms with E-state index in [4.69, 9.17) is 4.74 Å². The van der Waals surface area contributed by atoms with E-state index in [9.17, 15) is 5.11 Å². The first-order valence-corrected chi connectivity index (χ1v) is 9.98. The van der Waals surface area contributed by atoms with Gasteiger partial charge in [0.05, 0.1) is 11.2 Å². The number of hydrogen-bond donors (Lipinski definition) is 1. The Morgan fingerprint density at radius 3 is 2.76 bits per heavy atom. The second-order valence-corrected chi connectivity index (χ2v) is 8.45. The van der Waals surface area contributed by atoms with Gasteiger partial charge in [-0.2, -0.15) is 11.8 Å². The van der Waals surface area contributed by atoms with Crippen LogP contribution in [0.2, 0.25) is 0 Å². The van der Waals surface area contributed by atoms with Crippen LogP contribution in [0.4, 0.5) is 0 Å². The Bertz CT molecular complexity index is 340. The van der Waals surface area contributed by atoms with Crippen LogP contribution < -0.4 is 0 Å². The fourth-order valence-electron chi connectivity index (χ4n) is 4.50. The second kappa shape index (κ2) is 6.77. The predicted octanol–water partition coefficient (Wildman–Crippen LogP) is 2.92. The van der Waals surface area contributed by atoms with E-state index >= 15 is 0 Å². The summed E-state index contributed by atoms with van der Waals surface area (Å²) in [6.07, 6.45) is 7.60. The number of thioether (sulfide) groups is 1. The van der Waals surface area contributed by atoms with Gasteiger partial charge < -0.3 is 14.7 Å². The average molecular weight is 314 g/mol. The lowest BCUT2D eigenvalue weighted by Crippen LogP contribution is -2.50. The molecular weight excluding hydrogens is 282 g/mol. The highest BCUT2D eigenvalue weighted by Gasteiger charge is 2.46. The summed E-state index contributed by atoms with van der Waals surface area (Å²) < 4.78 is 6.21. The van der Waals surface area contributed by atoms with Gasteiger partial charge in [0, 0.05) is 13.2 Å². The molecule has 2 atom stereocenters. The van der Waals surface area contributed by atoms with Crippen molar-refractivity contribution in [3.63, 3.8) is 0 Å². The van der Waals surface area contributed by atoms with Crippen molar-refractivity contribution >= 4 is 11.8 Å². The molecule has 3 aliphatic heterocycles. The van der Waals surface area contributed by atoms with Gasteiger partial charge in [0.25, 0.3) is 0 Å². The van der Waals surface area contributed by atoms with Gasteiger partial charge in [-0.25, -0.2) is 0 Å². The van der Waals surface area contributed by atoms with Crippen LogP contribution in [0.15, 0.2) is 0 Å². The van der Waals surface area contributed by atoms with Crippen molar-refractivity contribution in [2.45, 2.75) is 63.1 Å². The fourth-order valence-corrected chi connectivity index (χ4v) is 5.74. The molecule has 3 nitrogen and oxygen atoms in total. The van der Waals surface area contributed by atoms with Gasteiger partial charge in [0.1, 0.15) is 0 Å². The smallest absolute Gasteiger partial charge is 0.0702 e. The topological polar surface area (TPSA) is 32.7 Å². The molecule has 0 radical (unpaired) electrons. The summed E-state index contributed by atoms with van der Waals surface area (Å²) in [7, 11) is 0. The van der Waals surface area contributed by atoms with Crippen molar-refractivity contribution in [1.82, 2.24) is 4.90 Å². The van der Waals surface area contributed by atoms with Crippen molar-refractivity contribution in [3.8, 4) is 0 Å². The Hall–Kier alpha value is 0.230. The molecule has 0 aromatic carbocycles. The third-order valence-electron chi connectivity index (χ3n) is 6.05. The minimum atomic E-state index is -0.439. The van der Waals surface area contributed by atoms with Crippen molar-refractivity contribution in [2.24, 2.45) is 5.92 Å². The van der Waals surface area contributed by atoms with Crippen LogP contribution in [0, 0.1) is 5.92 Å². The van der Waals surface area contributed by atoms with Gasteiger partial charge in [-0.3, -0.25) is 0 Å². The largest absolute Gasteiger partial charge is 0.390 e. The molecule has 3 saturated heterocycles. The minimum absolute atomic E-state index is 0.0979. The van der Waals surface area contributed by atoms with Crippen molar-refractivity contribution in [2.75, 3.05) is 37.7 Å². The van der Waals surface area contributed by atoms with Gasteiger partial charge >= 0.3 is 0 Å². The number of aliphatic hydroxyl groups is 1. The molecule has 3 rings (SSSR count). The molecule has 3 fully saturated rings. The fraction of sp³-hybridized carbons (Fsp3) is 1.00. The second-order valence-electron chi connectivity index (χ2n) is 7.22. The standard InChI is InChI=1S/C17H31NO2S/c1-2-18-9-3-5-17(19,6-10-18)15-4-11-20-16(14-15)7-12-21-13-8-16/h15,19H,2-14H2,1H3. The lowest BCUT2D eigenvalue weighted by molar-refractivity contribution is -0.149. The summed E-state index contributed by atoms with van der Waals surface area (Å²) in [6.45, 7) is 6.42. The lowest BCUT2D eigenvalue weighted by Gasteiger charge is -2.48. The zero-order chi connectivity index (χ0) is 14.8. The molecule has 0 aromatic heterocycles. The lowest BCUT2D eigenvalue weighted by atomic mass is 9.71. The van der Waals surface area contributed by atoms with Crippen LogP contribution in [-0.2, 0) is 4.74 Å². The van der Waals surface area contributed by atoms with Gasteiger partial charge in [0.15, 0.2) is 0 Å². The van der Waals surface area contributed by atoms with E-state index in [1.54, 1.807) is 0 Å². The highest BCUT2D eigenvalue weighted by molar-refractivity contribution is 7.99. The number of likely N-dealkylation sites (tertiary alicyclic amines) is 1. The van der Waals surface area contributed by atoms with Gasteiger partial charge in [-0.1, -0.05) is 6.92 Å². The van der Waals surface area contributed by atoms with E-state index in [1.165, 1.54) is 24.3 Å². The summed E-state index contributed by atoms with van der Waals surface area (Å²) in [5, 5.41) is 11.3. The Morgan fingerprint density at radius 1 is 1.19 bits per heavy atom. The maximum absolute atomic E-state index is 11.3. The zero-order valence-electron chi connectivity index (χ0n) is 13.5. The molecule has 21 heavy (non-hydrogen) atoms. The third-order valence-corrected chi connectivity index (χ3v) is 7.03. The molecule has 0 aromatic rings. The zero-order valence-corrected chi connectivity index (χ0v) is 14.3. The summed E-state index contributed by atoms with van der Waals surface area (Å²) in [6, 6.07) is 0. The summed E-state index contributed by atoms with van der Waals surface area (Å²) in [5.74, 6) is 2.91. The summed E-state index contributed by atoms with van der Waals surface area (Å²) in [5.41, 5.74) is -0.341. The molecule has 2 unspecified atom stereocenters. The molecule has 1 N–H and O–H groups in total. The van der Waals surface area contributed by atoms with Crippen LogP contribution in [0.1, 0.15) is 51.9 Å². The van der Waals surface area contributed by atoms with Crippen LogP contribution in [0.5, 0.6) is 0 Å². The molecule has 0 bridgehead atoms. The maximum Gasteiger partial charge on any atom is 0.0702 e. The molecule has 0 amide bonds. The van der Waals surface area contributed by atoms with Gasteiger partial charge in [0.2, 0.25) is 0 Å². The molecule has 0 saturated carbocycles. The molecule has 3 aliphatic rings. The third kappa shape index (κ3) is 3.60. The van der Waals surface area contributed by atoms with Gasteiger partial charge in [-0.15, -0.1) is 0 Å². The highest BCUT2D eigenvalue weighted by atomic mass is 32.2. The van der Waals surface area contributed by atoms with E-state index in [-0.39, 0.29) is 5.60 Å². The van der Waals surface area contributed by atoms with Crippen LogP contribution >= 0.6 is 11.8 Å². The number of ether oxygens (including phenoxy) is 1. The highest BCUT2D eigenvalue weighted by Crippen LogP contribution is 2.45. The van der Waals surface area contributed by atoms with Gasteiger partial charge in [-0.05, 0) is 75.5 Å². The van der Waals surface area contributed by atoms with E-state index in [0.29, 0.717) is 5.92 Å². The van der Waals surface area contributed by atoms with Crippen molar-refractivity contribution in [3.05, 3.63) is 0 Å². The monoisotopic (exact) mass is 313 g/mol. The molecule has 1 spiro atoms. The average Bonchev–Trinajstić information content (AvgIpc) is 2.71. The number of nitrogens with zero attached hydrogens (tertiary/aromatic N) is 1. The quantitative estimate of drug-likeness (QED) is 0.850. The number of rotatable bonds is 2. The predicted molar refractivity (Wildman–Crippen MR) is 88.9 cm³/mol. The molecule has 3 heterocycles. The van der Waals surface area contributed by atoms with Crippen LogP contribution in [0.25, 0.3) is 0 Å². The normalized spacial score (nSPS) is 38.3. The molecular formula is C17H31NO2S. The van der Waals surface area contributed by atoms with E-state index in [0.717, 1.165) is 58.3 Å². The summed E-state index contributed by atoms with van der Waals surface area (Å²) in [4.78, 5) is 2.49. The van der Waals surface area contributed by atoms with Crippen LogP contribution in [0.3, 0.4) is 0 Å². The first-order chi connectivity index (χ1) is 10.2. The van der Waals surface area contributed by atoms with Crippen molar-refractivity contribution < 1.29 is 9.84 Å². The van der Waals surface area contributed by atoms with E-state index < -0.39 is 5.60 Å². The minimum Gasteiger partial charge on any atom is -0.390 e. The first-order valence-electron chi connectivity index (χ1n) is 8.82. The Labute approximate surface area is 133 Å². The summed E-state index contributed by atoms with van der Waals surface area (Å²) >= 11 is 2.06. The molecule has 0 aliphatic carbocycles. The van der Waals surface area contributed by atoms with Crippen LogP contribution in [-0.4, -0.2) is 59.0 Å². The Kier molecular flexibility index (Phi) is 5.19.